The Hall–Kier alpha value is -1.83. The molecule has 0 aromatic heterocycles. The Bertz CT molecular complexity index is 487. The fraction of sp³-hybridized carbons (Fsp3) is 0.500. The van der Waals surface area contributed by atoms with Crippen molar-refractivity contribution in [2.24, 2.45) is 0 Å². The fourth-order valence-corrected chi connectivity index (χ4v) is 2.41. The van der Waals surface area contributed by atoms with Crippen LogP contribution in [0.1, 0.15) is 6.92 Å². The first kappa shape index (κ1) is 14.1. The summed E-state index contributed by atoms with van der Waals surface area (Å²) in [6.45, 7) is 5.21. The minimum absolute atomic E-state index is 0.0313. The van der Waals surface area contributed by atoms with Crippen LogP contribution in [0, 0.1) is 0 Å². The number of anilines is 2. The lowest BCUT2D eigenvalue weighted by Gasteiger charge is -2.31. The van der Waals surface area contributed by atoms with Crippen LogP contribution in [-0.4, -0.2) is 44.5 Å². The first-order valence-electron chi connectivity index (χ1n) is 7.23. The summed E-state index contributed by atoms with van der Waals surface area (Å²) in [5, 5.41) is 6.06. The van der Waals surface area contributed by atoms with Gasteiger partial charge in [-0.05, 0) is 31.2 Å². The van der Waals surface area contributed by atoms with E-state index in [2.05, 4.69) is 38.5 Å². The maximum Gasteiger partial charge on any atom is 0.240 e. The van der Waals surface area contributed by atoms with E-state index in [0.29, 0.717) is 0 Å². The molecule has 0 aliphatic carbocycles. The van der Waals surface area contributed by atoms with Gasteiger partial charge in [-0.1, -0.05) is 0 Å². The monoisotopic (exact) mass is 291 g/mol. The van der Waals surface area contributed by atoms with Crippen molar-refractivity contribution >= 4 is 17.3 Å². The lowest BCUT2D eigenvalue weighted by Crippen LogP contribution is -2.66. The molecule has 1 aromatic rings. The lowest BCUT2D eigenvalue weighted by atomic mass is 10.2. The molecule has 7 nitrogen and oxygen atoms in total. The first-order chi connectivity index (χ1) is 10.2. The number of hydrazine groups is 1. The van der Waals surface area contributed by atoms with Gasteiger partial charge in [0.15, 0.2) is 6.29 Å². The first-order valence-corrected chi connectivity index (χ1v) is 7.23. The molecule has 2 saturated heterocycles. The minimum Gasteiger partial charge on any atom is -0.378 e. The molecular weight excluding hydrogens is 270 g/mol. The van der Waals surface area contributed by atoms with E-state index in [9.17, 15) is 4.79 Å². The molecule has 1 aromatic carbocycles. The molecule has 114 valence electrons. The molecule has 2 heterocycles. The molecule has 2 aliphatic heterocycles. The number of amides is 1. The molecule has 0 radical (unpaired) electrons. The number of nitrogens with zero attached hydrogens (tertiary/aromatic N) is 1. The highest BCUT2D eigenvalue weighted by Gasteiger charge is 2.23. The van der Waals surface area contributed by atoms with Gasteiger partial charge >= 0.3 is 0 Å². The van der Waals surface area contributed by atoms with Crippen LogP contribution in [0.15, 0.2) is 24.3 Å². The Labute approximate surface area is 124 Å². The van der Waals surface area contributed by atoms with Gasteiger partial charge in [0.2, 0.25) is 5.91 Å². The summed E-state index contributed by atoms with van der Waals surface area (Å²) in [5.74, 6) is -0.0313. The van der Waals surface area contributed by atoms with Gasteiger partial charge in [0.05, 0.1) is 19.3 Å². The van der Waals surface area contributed by atoms with Crippen molar-refractivity contribution in [2.45, 2.75) is 19.3 Å². The SMILES string of the molecule is CC1NNC(Nc2ccc(N3CCOCC3)cc2)NC1=O. The van der Waals surface area contributed by atoms with Crippen LogP contribution in [-0.2, 0) is 9.53 Å². The van der Waals surface area contributed by atoms with Gasteiger partial charge in [0.25, 0.3) is 0 Å². The molecule has 2 unspecified atom stereocenters. The third kappa shape index (κ3) is 3.44. The van der Waals surface area contributed by atoms with Crippen molar-refractivity contribution in [3.63, 3.8) is 0 Å². The fourth-order valence-electron chi connectivity index (χ4n) is 2.41. The van der Waals surface area contributed by atoms with Crippen molar-refractivity contribution in [1.82, 2.24) is 16.2 Å². The number of rotatable bonds is 3. The van der Waals surface area contributed by atoms with Gasteiger partial charge in [0.1, 0.15) is 0 Å². The summed E-state index contributed by atoms with van der Waals surface area (Å²) in [6.07, 6.45) is -0.317. The number of morpholine rings is 1. The molecule has 1 amide bonds. The Kier molecular flexibility index (Phi) is 4.23. The quantitative estimate of drug-likeness (QED) is 0.619. The van der Waals surface area contributed by atoms with E-state index < -0.39 is 0 Å². The Morgan fingerprint density at radius 3 is 2.57 bits per heavy atom. The van der Waals surface area contributed by atoms with Gasteiger partial charge in [-0.2, -0.15) is 0 Å². The lowest BCUT2D eigenvalue weighted by molar-refractivity contribution is -0.125. The van der Waals surface area contributed by atoms with Crippen LogP contribution in [0.3, 0.4) is 0 Å². The number of hydrogen-bond donors (Lipinski definition) is 4. The highest BCUT2D eigenvalue weighted by Crippen LogP contribution is 2.19. The molecule has 0 bridgehead atoms. The van der Waals surface area contributed by atoms with Crippen LogP contribution in [0.5, 0.6) is 0 Å². The Morgan fingerprint density at radius 2 is 1.90 bits per heavy atom. The zero-order valence-electron chi connectivity index (χ0n) is 12.1. The van der Waals surface area contributed by atoms with Gasteiger partial charge in [-0.25, -0.2) is 10.9 Å². The second-order valence-corrected chi connectivity index (χ2v) is 5.24. The normalized spacial score (nSPS) is 26.3. The summed E-state index contributed by atoms with van der Waals surface area (Å²) in [4.78, 5) is 13.9. The molecule has 0 saturated carbocycles. The molecule has 4 N–H and O–H groups in total. The van der Waals surface area contributed by atoms with Crippen molar-refractivity contribution < 1.29 is 9.53 Å². The molecular formula is C14H21N5O2. The van der Waals surface area contributed by atoms with Crippen molar-refractivity contribution in [3.8, 4) is 0 Å². The van der Waals surface area contributed by atoms with Crippen LogP contribution < -0.4 is 26.4 Å². The number of carbonyl (C=O) groups excluding carboxylic acids is 1. The second-order valence-electron chi connectivity index (χ2n) is 5.24. The summed E-state index contributed by atoms with van der Waals surface area (Å²) in [6, 6.07) is 7.95. The highest BCUT2D eigenvalue weighted by atomic mass is 16.5. The number of nitrogens with one attached hydrogen (secondary N) is 4. The zero-order valence-corrected chi connectivity index (χ0v) is 12.1. The van der Waals surface area contributed by atoms with Crippen molar-refractivity contribution in [1.29, 1.82) is 0 Å². The van der Waals surface area contributed by atoms with Gasteiger partial charge < -0.3 is 20.3 Å². The van der Waals surface area contributed by atoms with E-state index in [1.165, 1.54) is 5.69 Å². The van der Waals surface area contributed by atoms with E-state index in [1.807, 2.05) is 12.1 Å². The summed E-state index contributed by atoms with van der Waals surface area (Å²) in [7, 11) is 0. The smallest absolute Gasteiger partial charge is 0.240 e. The Morgan fingerprint density at radius 1 is 1.19 bits per heavy atom. The van der Waals surface area contributed by atoms with Gasteiger partial charge in [0, 0.05) is 24.5 Å². The number of carbonyl (C=O) groups is 1. The summed E-state index contributed by atoms with van der Waals surface area (Å²) in [5.41, 5.74) is 8.06. The van der Waals surface area contributed by atoms with E-state index in [-0.39, 0.29) is 18.2 Å². The predicted molar refractivity (Wildman–Crippen MR) is 80.8 cm³/mol. The highest BCUT2D eigenvalue weighted by molar-refractivity contribution is 5.82. The largest absolute Gasteiger partial charge is 0.378 e. The average Bonchev–Trinajstić information content (AvgIpc) is 2.53. The molecule has 21 heavy (non-hydrogen) atoms. The van der Waals surface area contributed by atoms with Gasteiger partial charge in [-0.15, -0.1) is 0 Å². The van der Waals surface area contributed by atoms with E-state index >= 15 is 0 Å². The minimum atomic E-state index is -0.317. The third-order valence-electron chi connectivity index (χ3n) is 3.68. The van der Waals surface area contributed by atoms with Crippen molar-refractivity contribution in [2.75, 3.05) is 36.5 Å². The van der Waals surface area contributed by atoms with E-state index in [1.54, 1.807) is 6.92 Å². The number of hydrogen-bond acceptors (Lipinski definition) is 6. The molecule has 0 spiro atoms. The molecule has 2 aliphatic rings. The second kappa shape index (κ2) is 6.30. The zero-order chi connectivity index (χ0) is 14.7. The number of benzene rings is 1. The standard InChI is InChI=1S/C14H21N5O2/c1-10-13(20)16-14(18-17-10)15-11-2-4-12(5-3-11)19-6-8-21-9-7-19/h2-5,10,14-15,17-18H,6-9H2,1H3,(H,16,20). The molecule has 3 rings (SSSR count). The molecule has 2 atom stereocenters. The molecule has 7 heteroatoms. The molecule has 2 fully saturated rings. The topological polar surface area (TPSA) is 77.7 Å². The van der Waals surface area contributed by atoms with Crippen LogP contribution in [0.25, 0.3) is 0 Å². The average molecular weight is 291 g/mol. The summed E-state index contributed by atoms with van der Waals surface area (Å²) < 4.78 is 5.35. The number of ether oxygens (including phenoxy) is 1. The van der Waals surface area contributed by atoms with Crippen LogP contribution in [0.2, 0.25) is 0 Å². The Balaban J connectivity index is 1.58. The summed E-state index contributed by atoms with van der Waals surface area (Å²) >= 11 is 0. The van der Waals surface area contributed by atoms with Crippen LogP contribution in [0.4, 0.5) is 11.4 Å². The maximum atomic E-state index is 11.6. The predicted octanol–water partition coefficient (Wildman–Crippen LogP) is -0.169. The van der Waals surface area contributed by atoms with Crippen LogP contribution >= 0.6 is 0 Å². The van der Waals surface area contributed by atoms with E-state index in [4.69, 9.17) is 4.74 Å². The van der Waals surface area contributed by atoms with E-state index in [0.717, 1.165) is 32.0 Å². The third-order valence-corrected chi connectivity index (χ3v) is 3.68. The van der Waals surface area contributed by atoms with Crippen molar-refractivity contribution in [3.05, 3.63) is 24.3 Å². The maximum absolute atomic E-state index is 11.6. The van der Waals surface area contributed by atoms with Gasteiger partial charge in [-0.3, -0.25) is 4.79 Å².